The molecular formula is C24H27N3O3S. The Balaban J connectivity index is 1.25. The van der Waals surface area contributed by atoms with Gasteiger partial charge in [0.15, 0.2) is 0 Å². The Bertz CT molecular complexity index is 1010. The Kier molecular flexibility index (Phi) is 6.82. The van der Waals surface area contributed by atoms with Crippen LogP contribution in [-0.2, 0) is 16.0 Å². The van der Waals surface area contributed by atoms with Gasteiger partial charge >= 0.3 is 0 Å². The summed E-state index contributed by atoms with van der Waals surface area (Å²) in [6, 6.07) is 15.0. The summed E-state index contributed by atoms with van der Waals surface area (Å²) >= 11 is 1.72. The van der Waals surface area contributed by atoms with Gasteiger partial charge in [0.05, 0.1) is 22.3 Å². The SMILES string of the molecule is COc1ccc(NC(=O)C2CCCN2C(=O)CCCCc2nc3ccccc3s2)cc1. The van der Waals surface area contributed by atoms with E-state index in [1.165, 1.54) is 4.70 Å². The fourth-order valence-electron chi connectivity index (χ4n) is 3.96. The number of hydrogen-bond acceptors (Lipinski definition) is 5. The number of carbonyl (C=O) groups excluding carboxylic acids is 2. The van der Waals surface area contributed by atoms with Gasteiger partial charge in [-0.15, -0.1) is 11.3 Å². The molecule has 0 aliphatic carbocycles. The van der Waals surface area contributed by atoms with Crippen LogP contribution in [0.5, 0.6) is 5.75 Å². The molecule has 0 saturated carbocycles. The lowest BCUT2D eigenvalue weighted by molar-refractivity contribution is -0.136. The number of rotatable bonds is 8. The molecule has 1 aromatic heterocycles. The van der Waals surface area contributed by atoms with E-state index < -0.39 is 0 Å². The maximum Gasteiger partial charge on any atom is 0.247 e. The summed E-state index contributed by atoms with van der Waals surface area (Å²) in [6.07, 6.45) is 4.64. The van der Waals surface area contributed by atoms with Crippen LogP contribution in [0.15, 0.2) is 48.5 Å². The molecule has 0 bridgehead atoms. The number of anilines is 1. The van der Waals surface area contributed by atoms with E-state index in [1.807, 2.05) is 18.2 Å². The number of unbranched alkanes of at least 4 members (excludes halogenated alkanes) is 1. The predicted molar refractivity (Wildman–Crippen MR) is 124 cm³/mol. The third-order valence-electron chi connectivity index (χ3n) is 5.60. The molecule has 2 amide bonds. The fourth-order valence-corrected chi connectivity index (χ4v) is 4.97. The lowest BCUT2D eigenvalue weighted by Crippen LogP contribution is -2.43. The number of likely N-dealkylation sites (tertiary alicyclic amines) is 1. The summed E-state index contributed by atoms with van der Waals surface area (Å²) in [7, 11) is 1.61. The monoisotopic (exact) mass is 437 g/mol. The van der Waals surface area contributed by atoms with Gasteiger partial charge in [-0.05, 0) is 68.5 Å². The van der Waals surface area contributed by atoms with Crippen molar-refractivity contribution in [1.82, 2.24) is 9.88 Å². The maximum absolute atomic E-state index is 12.8. The summed E-state index contributed by atoms with van der Waals surface area (Å²) in [5, 5.41) is 4.04. The van der Waals surface area contributed by atoms with Gasteiger partial charge in [0.2, 0.25) is 11.8 Å². The molecule has 1 atom stereocenters. The molecule has 7 heteroatoms. The van der Waals surface area contributed by atoms with Gasteiger partial charge in [-0.25, -0.2) is 4.98 Å². The van der Waals surface area contributed by atoms with E-state index in [0.717, 1.165) is 42.0 Å². The number of methoxy groups -OCH3 is 1. The zero-order valence-electron chi connectivity index (χ0n) is 17.7. The van der Waals surface area contributed by atoms with Crippen molar-refractivity contribution in [3.63, 3.8) is 0 Å². The van der Waals surface area contributed by atoms with E-state index >= 15 is 0 Å². The molecule has 1 aliphatic rings. The third kappa shape index (κ3) is 5.22. The summed E-state index contributed by atoms with van der Waals surface area (Å²) in [5.41, 5.74) is 1.75. The number of ether oxygens (including phenoxy) is 1. The topological polar surface area (TPSA) is 71.5 Å². The van der Waals surface area contributed by atoms with E-state index in [-0.39, 0.29) is 17.9 Å². The molecule has 162 valence electrons. The minimum absolute atomic E-state index is 0.0664. The molecule has 31 heavy (non-hydrogen) atoms. The normalized spacial score (nSPS) is 15.9. The van der Waals surface area contributed by atoms with Gasteiger partial charge < -0.3 is 15.0 Å². The second kappa shape index (κ2) is 9.92. The number of aryl methyl sites for hydroxylation is 1. The maximum atomic E-state index is 12.8. The molecule has 1 N–H and O–H groups in total. The van der Waals surface area contributed by atoms with Crippen molar-refractivity contribution in [2.24, 2.45) is 0 Å². The van der Waals surface area contributed by atoms with Crippen LogP contribution >= 0.6 is 11.3 Å². The van der Waals surface area contributed by atoms with Crippen molar-refractivity contribution >= 4 is 39.1 Å². The average molecular weight is 438 g/mol. The summed E-state index contributed by atoms with van der Waals surface area (Å²) in [4.78, 5) is 31.9. The highest BCUT2D eigenvalue weighted by molar-refractivity contribution is 7.18. The van der Waals surface area contributed by atoms with Crippen molar-refractivity contribution < 1.29 is 14.3 Å². The average Bonchev–Trinajstić information content (AvgIpc) is 3.44. The smallest absolute Gasteiger partial charge is 0.247 e. The highest BCUT2D eigenvalue weighted by atomic mass is 32.1. The molecule has 0 spiro atoms. The summed E-state index contributed by atoms with van der Waals surface area (Å²) < 4.78 is 6.35. The second-order valence-corrected chi connectivity index (χ2v) is 8.86. The minimum atomic E-state index is -0.390. The third-order valence-corrected chi connectivity index (χ3v) is 6.70. The zero-order chi connectivity index (χ0) is 21.6. The first-order valence-electron chi connectivity index (χ1n) is 10.7. The number of benzene rings is 2. The number of aromatic nitrogens is 1. The Morgan fingerprint density at radius 1 is 1.16 bits per heavy atom. The molecule has 1 fully saturated rings. The standard InChI is InChI=1S/C24H27N3O3S/c1-30-18-14-12-17(13-15-18)25-24(29)20-8-6-16-27(20)23(28)11-5-4-10-22-26-19-7-2-3-9-21(19)31-22/h2-3,7,9,12-15,20H,4-6,8,10-11,16H2,1H3,(H,25,29). The van der Waals surface area contributed by atoms with Crippen LogP contribution in [0, 0.1) is 0 Å². The highest BCUT2D eigenvalue weighted by Gasteiger charge is 2.33. The Labute approximate surface area is 186 Å². The zero-order valence-corrected chi connectivity index (χ0v) is 18.5. The van der Waals surface area contributed by atoms with Crippen molar-refractivity contribution in [2.75, 3.05) is 19.0 Å². The highest BCUT2D eigenvalue weighted by Crippen LogP contribution is 2.24. The number of thiazole rings is 1. The second-order valence-electron chi connectivity index (χ2n) is 7.75. The first-order chi connectivity index (χ1) is 15.1. The van der Waals surface area contributed by atoms with Crippen LogP contribution < -0.4 is 10.1 Å². The Morgan fingerprint density at radius 3 is 2.74 bits per heavy atom. The lowest BCUT2D eigenvalue weighted by atomic mass is 10.1. The van der Waals surface area contributed by atoms with Crippen LogP contribution in [-0.4, -0.2) is 41.4 Å². The number of carbonyl (C=O) groups is 2. The van der Waals surface area contributed by atoms with Crippen molar-refractivity contribution in [3.8, 4) is 5.75 Å². The molecule has 1 unspecified atom stereocenters. The van der Waals surface area contributed by atoms with Gasteiger partial charge in [-0.3, -0.25) is 9.59 Å². The number of nitrogens with one attached hydrogen (secondary N) is 1. The van der Waals surface area contributed by atoms with Crippen LogP contribution in [0.2, 0.25) is 0 Å². The molecular weight excluding hydrogens is 410 g/mol. The number of amides is 2. The quantitative estimate of drug-likeness (QED) is 0.521. The minimum Gasteiger partial charge on any atom is -0.497 e. The number of para-hydroxylation sites is 1. The van der Waals surface area contributed by atoms with Crippen LogP contribution in [0.4, 0.5) is 5.69 Å². The lowest BCUT2D eigenvalue weighted by Gasteiger charge is -2.24. The van der Waals surface area contributed by atoms with Gasteiger partial charge in [0.1, 0.15) is 11.8 Å². The number of hydrogen-bond donors (Lipinski definition) is 1. The molecule has 2 heterocycles. The van der Waals surface area contributed by atoms with E-state index in [0.29, 0.717) is 25.1 Å². The molecule has 0 radical (unpaired) electrons. The molecule has 3 aromatic rings. The van der Waals surface area contributed by atoms with Crippen molar-refractivity contribution in [1.29, 1.82) is 0 Å². The number of nitrogens with zero attached hydrogens (tertiary/aromatic N) is 2. The predicted octanol–water partition coefficient (Wildman–Crippen LogP) is 4.65. The first-order valence-corrected chi connectivity index (χ1v) is 11.5. The van der Waals surface area contributed by atoms with E-state index in [4.69, 9.17) is 4.74 Å². The van der Waals surface area contributed by atoms with Gasteiger partial charge in [-0.1, -0.05) is 12.1 Å². The molecule has 1 saturated heterocycles. The molecule has 6 nitrogen and oxygen atoms in total. The molecule has 2 aromatic carbocycles. The fraction of sp³-hybridized carbons (Fsp3) is 0.375. The van der Waals surface area contributed by atoms with E-state index in [9.17, 15) is 9.59 Å². The largest absolute Gasteiger partial charge is 0.497 e. The van der Waals surface area contributed by atoms with Crippen LogP contribution in [0.3, 0.4) is 0 Å². The Hall–Kier alpha value is -2.93. The van der Waals surface area contributed by atoms with Crippen molar-refractivity contribution in [3.05, 3.63) is 53.5 Å². The van der Waals surface area contributed by atoms with E-state index in [1.54, 1.807) is 47.6 Å². The summed E-state index contributed by atoms with van der Waals surface area (Å²) in [6.45, 7) is 0.650. The van der Waals surface area contributed by atoms with Crippen LogP contribution in [0.25, 0.3) is 10.2 Å². The van der Waals surface area contributed by atoms with Gasteiger partial charge in [-0.2, -0.15) is 0 Å². The first kappa shape index (κ1) is 21.3. The number of fused-ring (bicyclic) bond motifs is 1. The Morgan fingerprint density at radius 2 is 1.97 bits per heavy atom. The molecule has 4 rings (SSSR count). The van der Waals surface area contributed by atoms with Gasteiger partial charge in [0, 0.05) is 18.7 Å². The van der Waals surface area contributed by atoms with Crippen molar-refractivity contribution in [2.45, 2.75) is 44.6 Å². The van der Waals surface area contributed by atoms with Crippen LogP contribution in [0.1, 0.15) is 37.1 Å². The molecule has 1 aliphatic heterocycles. The summed E-state index contributed by atoms with van der Waals surface area (Å²) in [5.74, 6) is 0.684. The van der Waals surface area contributed by atoms with Gasteiger partial charge in [0.25, 0.3) is 0 Å². The van der Waals surface area contributed by atoms with E-state index in [2.05, 4.69) is 16.4 Å².